The molecule has 28 rings (SSSR count). The van der Waals surface area contributed by atoms with Crippen molar-refractivity contribution in [1.82, 2.24) is 18.3 Å². The van der Waals surface area contributed by atoms with Gasteiger partial charge in [0.25, 0.3) is 0 Å². The summed E-state index contributed by atoms with van der Waals surface area (Å²) in [5, 5.41) is 19.9. The van der Waals surface area contributed by atoms with Gasteiger partial charge in [0, 0.05) is 65.2 Å². The molecule has 4 heterocycles. The first-order valence-corrected chi connectivity index (χ1v) is 45.2. The first-order chi connectivity index (χ1) is 64.5. The average molecular weight is 1650 g/mol. The van der Waals surface area contributed by atoms with Crippen molar-refractivity contribution in [2.45, 2.75) is 10.8 Å². The lowest BCUT2D eigenvalue weighted by molar-refractivity contribution is 0.769. The van der Waals surface area contributed by atoms with Gasteiger partial charge < -0.3 is 18.3 Å². The fraction of sp³-hybridized carbons (Fsp3) is 0.0159. The van der Waals surface area contributed by atoms with Crippen LogP contribution in [0, 0.1) is 0 Å². The number of aromatic nitrogens is 4. The normalized spacial score (nSPS) is 13.0. The second kappa shape index (κ2) is 28.8. The first-order valence-electron chi connectivity index (χ1n) is 45.2. The molecule has 2 aliphatic carbocycles. The van der Waals surface area contributed by atoms with Gasteiger partial charge in [0.05, 0.1) is 66.3 Å². The number of rotatable bonds is 10. The summed E-state index contributed by atoms with van der Waals surface area (Å²) in [7, 11) is 0. The maximum atomic E-state index is 2.53. The molecular formula is C126H80N4. The molecule has 0 saturated heterocycles. The van der Waals surface area contributed by atoms with Gasteiger partial charge in [-0.2, -0.15) is 0 Å². The summed E-state index contributed by atoms with van der Waals surface area (Å²) < 4.78 is 9.90. The Kier molecular flexibility index (Phi) is 16.3. The van der Waals surface area contributed by atoms with Gasteiger partial charge in [-0.25, -0.2) is 0 Å². The Hall–Kier alpha value is -16.9. The molecule has 4 aromatic heterocycles. The molecule has 4 nitrogen and oxygen atoms in total. The van der Waals surface area contributed by atoms with E-state index < -0.39 is 10.8 Å². The van der Waals surface area contributed by atoms with Crippen LogP contribution in [-0.4, -0.2) is 18.3 Å². The Labute approximate surface area is 751 Å². The van der Waals surface area contributed by atoms with Crippen molar-refractivity contribution in [1.29, 1.82) is 0 Å². The van der Waals surface area contributed by atoms with E-state index in [2.05, 4.69) is 504 Å². The Morgan fingerprint density at radius 3 is 0.985 bits per heavy atom. The number of hydrogen-bond donors (Lipinski definition) is 0. The van der Waals surface area contributed by atoms with E-state index in [4.69, 9.17) is 0 Å². The molecule has 0 aliphatic heterocycles. The predicted molar refractivity (Wildman–Crippen MR) is 546 cm³/mol. The summed E-state index contributed by atoms with van der Waals surface area (Å²) in [6.45, 7) is 0. The van der Waals surface area contributed by atoms with Crippen molar-refractivity contribution in [2.24, 2.45) is 0 Å². The molecule has 130 heavy (non-hydrogen) atoms. The lowest BCUT2D eigenvalue weighted by atomic mass is 9.67. The highest BCUT2D eigenvalue weighted by molar-refractivity contribution is 6.22. The Bertz CT molecular complexity index is 9090. The smallest absolute Gasteiger partial charge is 0.0720 e. The van der Waals surface area contributed by atoms with Crippen molar-refractivity contribution in [3.63, 3.8) is 0 Å². The van der Waals surface area contributed by atoms with Gasteiger partial charge in [0.2, 0.25) is 0 Å². The van der Waals surface area contributed by atoms with Crippen LogP contribution in [0.1, 0.15) is 44.5 Å². The summed E-state index contributed by atoms with van der Waals surface area (Å²) in [6, 6.07) is 181. The molecule has 0 saturated carbocycles. The van der Waals surface area contributed by atoms with Crippen molar-refractivity contribution < 1.29 is 0 Å². The van der Waals surface area contributed by atoms with Crippen LogP contribution >= 0.6 is 0 Å². The standard InChI is InChI=1S/2C63H40N2/c1-3-20-46(21-4-1)63(47-22-5-2-6-23-47)54-27-13-11-26-51(54)61-55(63)34-37-60-62(61)53-40-45(32-36-59(53)65(60)56-29-15-19-42-17-9-10-24-49(42)56)44-31-35-58-52(39-44)50-25-12-14-28-57(50)64(58)48-33-30-41-16-7-8-18-43(41)38-48;1-3-20-46(21-4-1)63(47-22-5-2-6-23-47)55-27-13-11-25-50(55)52-34-37-60-61(62(52)63)54-40-45(32-36-59(54)65(60)56-29-15-19-42-17-9-10-24-49(42)56)44-31-35-58-53(39-44)51-26-12-14-28-57(51)64(58)48-33-30-41-16-7-8-18-43(41)38-48/h2*1-40H. The number of hydrogen-bond acceptors (Lipinski definition) is 0. The predicted octanol–water partition coefficient (Wildman–Crippen LogP) is 32.4. The molecule has 2 aliphatic rings. The largest absolute Gasteiger partial charge is 0.309 e. The van der Waals surface area contributed by atoms with Crippen LogP contribution in [0.25, 0.3) is 198 Å². The quantitative estimate of drug-likeness (QED) is 0.130. The highest BCUT2D eigenvalue weighted by Gasteiger charge is 2.49. The summed E-state index contributed by atoms with van der Waals surface area (Å²) >= 11 is 0. The van der Waals surface area contributed by atoms with Crippen LogP contribution < -0.4 is 0 Å². The van der Waals surface area contributed by atoms with Gasteiger partial charge in [-0.3, -0.25) is 0 Å². The second-order valence-corrected chi connectivity index (χ2v) is 35.2. The fourth-order valence-corrected chi connectivity index (χ4v) is 23.3. The topological polar surface area (TPSA) is 19.7 Å². The molecule has 4 heteroatoms. The lowest BCUT2D eigenvalue weighted by Crippen LogP contribution is -2.28. The minimum Gasteiger partial charge on any atom is -0.309 e. The van der Waals surface area contributed by atoms with E-state index in [0.717, 1.165) is 0 Å². The average Bonchev–Trinajstić information content (AvgIpc) is 1.51. The highest BCUT2D eigenvalue weighted by atomic mass is 15.0. The molecule has 0 bridgehead atoms. The van der Waals surface area contributed by atoms with E-state index in [1.807, 2.05) is 0 Å². The Balaban J connectivity index is 0.000000134. The van der Waals surface area contributed by atoms with Gasteiger partial charge in [-0.15, -0.1) is 0 Å². The fourth-order valence-electron chi connectivity index (χ4n) is 23.3. The van der Waals surface area contributed by atoms with Gasteiger partial charge >= 0.3 is 0 Å². The molecule has 26 aromatic rings. The molecule has 0 spiro atoms. The minimum absolute atomic E-state index is 0.502. The molecule has 0 atom stereocenters. The van der Waals surface area contributed by atoms with E-state index in [-0.39, 0.29) is 0 Å². The van der Waals surface area contributed by atoms with Gasteiger partial charge in [-0.1, -0.05) is 376 Å². The monoisotopic (exact) mass is 1650 g/mol. The van der Waals surface area contributed by atoms with Crippen LogP contribution in [0.2, 0.25) is 0 Å². The molecule has 0 radical (unpaired) electrons. The van der Waals surface area contributed by atoms with Crippen LogP contribution in [0.4, 0.5) is 0 Å². The molecular weight excluding hydrogens is 1570 g/mol. The van der Waals surface area contributed by atoms with Crippen LogP contribution in [0.3, 0.4) is 0 Å². The molecule has 0 unspecified atom stereocenters. The van der Waals surface area contributed by atoms with Gasteiger partial charge in [0.1, 0.15) is 0 Å². The zero-order valence-corrected chi connectivity index (χ0v) is 71.0. The number of nitrogens with zero attached hydrogens (tertiary/aromatic N) is 4. The van der Waals surface area contributed by atoms with Crippen LogP contribution in [0.5, 0.6) is 0 Å². The molecule has 0 fully saturated rings. The van der Waals surface area contributed by atoms with E-state index in [9.17, 15) is 0 Å². The molecule has 604 valence electrons. The van der Waals surface area contributed by atoms with Gasteiger partial charge in [0.15, 0.2) is 0 Å². The summed E-state index contributed by atoms with van der Waals surface area (Å²) in [5.74, 6) is 0. The zero-order chi connectivity index (χ0) is 85.3. The molecule has 0 amide bonds. The maximum Gasteiger partial charge on any atom is 0.0720 e. The Morgan fingerprint density at radius 2 is 0.500 bits per heavy atom. The third-order valence-electron chi connectivity index (χ3n) is 28.7. The first kappa shape index (κ1) is 73.4. The third-order valence-corrected chi connectivity index (χ3v) is 28.7. The van der Waals surface area contributed by atoms with Crippen LogP contribution in [-0.2, 0) is 10.8 Å². The van der Waals surface area contributed by atoms with Crippen molar-refractivity contribution in [3.8, 4) is 67.3 Å². The summed E-state index contributed by atoms with van der Waals surface area (Å²) in [4.78, 5) is 0. The van der Waals surface area contributed by atoms with Crippen molar-refractivity contribution in [3.05, 3.63) is 530 Å². The third kappa shape index (κ3) is 10.7. The van der Waals surface area contributed by atoms with E-state index in [1.54, 1.807) is 0 Å². The summed E-state index contributed by atoms with van der Waals surface area (Å²) in [6.07, 6.45) is 0. The maximum absolute atomic E-state index is 2.53. The molecule has 0 N–H and O–H groups in total. The van der Waals surface area contributed by atoms with Crippen molar-refractivity contribution in [2.75, 3.05) is 0 Å². The second-order valence-electron chi connectivity index (χ2n) is 35.2. The number of fused-ring (bicyclic) bond motifs is 24. The highest BCUT2D eigenvalue weighted by Crippen LogP contribution is 2.62. The summed E-state index contributed by atoms with van der Waals surface area (Å²) in [5.41, 5.74) is 33.5. The number of benzene rings is 22. The SMILES string of the molecule is c1ccc(C2(c3ccccc3)c3ccccc3-c3c2ccc2c3c3cc(-c4ccc5c(c4)c4ccccc4n5-c4ccc5ccccc5c4)ccc3n2-c2cccc3ccccc23)cc1.c1ccc(C2(c3ccccc3)c3ccccc3-c3ccc4c(c32)c2cc(-c3ccc5c(c3)c3ccccc3n5-c3ccc5ccccc5c3)ccc2n4-c2cccc3ccccc23)cc1. The lowest BCUT2D eigenvalue weighted by Gasteiger charge is -2.34. The van der Waals surface area contributed by atoms with E-state index >= 15 is 0 Å². The van der Waals surface area contributed by atoms with E-state index in [0.29, 0.717) is 0 Å². The van der Waals surface area contributed by atoms with Gasteiger partial charge in [-0.05, 0) is 231 Å². The Morgan fingerprint density at radius 1 is 0.162 bits per heavy atom. The van der Waals surface area contributed by atoms with E-state index in [1.165, 1.54) is 242 Å². The molecule has 22 aromatic carbocycles. The number of para-hydroxylation sites is 2. The van der Waals surface area contributed by atoms with Crippen molar-refractivity contribution >= 4 is 130 Å². The zero-order valence-electron chi connectivity index (χ0n) is 71.0. The van der Waals surface area contributed by atoms with Crippen LogP contribution in [0.15, 0.2) is 485 Å². The minimum atomic E-state index is -0.564.